The predicted octanol–water partition coefficient (Wildman–Crippen LogP) is 14.0. The van der Waals surface area contributed by atoms with Gasteiger partial charge < -0.3 is 9.47 Å². The van der Waals surface area contributed by atoms with Crippen LogP contribution in [0.4, 0.5) is 11.4 Å². The van der Waals surface area contributed by atoms with Crippen LogP contribution in [0, 0.1) is 0 Å². The monoisotopic (exact) mass is 696 g/mol. The molecular weight excluding hydrogens is 653 g/mol. The van der Waals surface area contributed by atoms with Crippen LogP contribution >= 0.6 is 0 Å². The van der Waals surface area contributed by atoms with Crippen LogP contribution in [-0.2, 0) is 5.41 Å². The minimum atomic E-state index is 0.0496. The topological polar surface area (TPSA) is 8.17 Å². The summed E-state index contributed by atoms with van der Waals surface area (Å²) in [5.74, 6) is 0. The van der Waals surface area contributed by atoms with Crippen molar-refractivity contribution >= 4 is 38.8 Å². The Morgan fingerprint density at radius 3 is 1.81 bits per heavy atom. The third kappa shape index (κ3) is 5.94. The molecule has 0 N–H and O–H groups in total. The van der Waals surface area contributed by atoms with Crippen molar-refractivity contribution in [3.63, 3.8) is 0 Å². The average molecular weight is 697 g/mol. The highest BCUT2D eigenvalue weighted by molar-refractivity contribution is 6.10. The number of benzene rings is 7. The Balaban J connectivity index is 1.03. The lowest BCUT2D eigenvalue weighted by Crippen LogP contribution is -2.17. The molecule has 0 radical (unpaired) electrons. The summed E-state index contributed by atoms with van der Waals surface area (Å²) in [6.45, 7) is 7.84. The molecule has 2 nitrogen and oxygen atoms in total. The quantitative estimate of drug-likeness (QED) is 0.146. The fourth-order valence-corrected chi connectivity index (χ4v) is 8.34. The van der Waals surface area contributed by atoms with Crippen LogP contribution in [-0.4, -0.2) is 11.1 Å². The first-order chi connectivity index (χ1) is 26.5. The van der Waals surface area contributed by atoms with Crippen molar-refractivity contribution in [2.45, 2.75) is 32.6 Å². The third-order valence-electron chi connectivity index (χ3n) is 11.5. The Morgan fingerprint density at radius 1 is 0.537 bits per heavy atom. The number of aromatic nitrogens is 1. The molecule has 54 heavy (non-hydrogen) atoms. The highest BCUT2D eigenvalue weighted by Gasteiger charge is 2.33. The molecule has 0 atom stereocenters. The number of fused-ring (bicyclic) bond motifs is 4. The number of nitrogens with zero attached hydrogens (tertiary/aromatic N) is 2. The second kappa shape index (κ2) is 13.9. The van der Waals surface area contributed by atoms with E-state index in [0.717, 1.165) is 13.0 Å². The van der Waals surface area contributed by atoms with Gasteiger partial charge in [0.05, 0.1) is 11.0 Å². The first-order valence-electron chi connectivity index (χ1n) is 19.1. The summed E-state index contributed by atoms with van der Waals surface area (Å²) in [4.78, 5) is 2.45. The lowest BCUT2D eigenvalue weighted by atomic mass is 9.82. The fourth-order valence-electron chi connectivity index (χ4n) is 8.34. The summed E-state index contributed by atoms with van der Waals surface area (Å²) < 4.78 is 2.37. The maximum atomic E-state index is 2.45. The number of hydrogen-bond donors (Lipinski definition) is 0. The molecule has 8 aromatic rings. The van der Waals surface area contributed by atoms with E-state index in [1.165, 1.54) is 83.4 Å². The van der Waals surface area contributed by atoms with Crippen LogP contribution in [0.25, 0.3) is 55.3 Å². The Morgan fingerprint density at radius 2 is 1.09 bits per heavy atom. The van der Waals surface area contributed by atoms with Gasteiger partial charge in [0, 0.05) is 39.8 Å². The summed E-state index contributed by atoms with van der Waals surface area (Å²) in [5.41, 5.74) is 16.5. The van der Waals surface area contributed by atoms with E-state index in [0.29, 0.717) is 0 Å². The van der Waals surface area contributed by atoms with E-state index < -0.39 is 0 Å². The number of hydrogen-bond acceptors (Lipinski definition) is 1. The number of allylic oxidation sites excluding steroid dienone is 3. The Hall–Kier alpha value is -6.38. The second-order valence-electron chi connectivity index (χ2n) is 14.9. The molecule has 9 rings (SSSR count). The summed E-state index contributed by atoms with van der Waals surface area (Å²) >= 11 is 0. The van der Waals surface area contributed by atoms with Crippen molar-refractivity contribution in [2.24, 2.45) is 0 Å². The molecule has 0 amide bonds. The molecule has 0 spiro atoms. The molecule has 0 fully saturated rings. The molecule has 1 aromatic heterocycles. The molecule has 0 bridgehead atoms. The maximum absolute atomic E-state index is 2.45. The van der Waals surface area contributed by atoms with E-state index >= 15 is 0 Å². The lowest BCUT2D eigenvalue weighted by molar-refractivity contribution is 0.639. The number of para-hydroxylation sites is 2. The van der Waals surface area contributed by atoms with E-state index in [2.05, 4.69) is 218 Å². The standard InChI is InChI=1S/C52H44N2/c1-37-45(46-21-10-12-23-49(46)52(37,2)3)20-14-15-35-53(42-30-25-39(26-31-42)38-16-6-4-7-17-38)43-32-27-40(28-33-43)41-29-34-51-48(36-41)47-22-11-13-24-50(47)54(51)44-18-8-5-9-19-44/h4-14,16-34,36H,15,35H2,1-3H3/b20-14-. The van der Waals surface area contributed by atoms with Crippen molar-refractivity contribution in [1.29, 1.82) is 0 Å². The molecule has 0 saturated carbocycles. The zero-order valence-corrected chi connectivity index (χ0v) is 31.2. The minimum Gasteiger partial charge on any atom is -0.341 e. The normalized spacial score (nSPS) is 13.6. The molecule has 2 heteroatoms. The van der Waals surface area contributed by atoms with Gasteiger partial charge in [0.1, 0.15) is 0 Å². The first kappa shape index (κ1) is 33.5. The lowest BCUT2D eigenvalue weighted by Gasteiger charge is -2.25. The molecule has 0 saturated heterocycles. The smallest absolute Gasteiger partial charge is 0.0541 e. The van der Waals surface area contributed by atoms with Gasteiger partial charge >= 0.3 is 0 Å². The van der Waals surface area contributed by atoms with Gasteiger partial charge in [-0.25, -0.2) is 0 Å². The maximum Gasteiger partial charge on any atom is 0.0541 e. The van der Waals surface area contributed by atoms with Crippen LogP contribution in [0.2, 0.25) is 0 Å². The Labute approximate surface area is 319 Å². The zero-order valence-electron chi connectivity index (χ0n) is 31.2. The fraction of sp³-hybridized carbons (Fsp3) is 0.115. The molecular formula is C52H44N2. The van der Waals surface area contributed by atoms with Gasteiger partial charge in [0.25, 0.3) is 0 Å². The van der Waals surface area contributed by atoms with Crippen molar-refractivity contribution in [2.75, 3.05) is 11.4 Å². The SMILES string of the molecule is CC1=C(/C=C\CCN(c2ccc(-c3ccccc3)cc2)c2ccc(-c3ccc4c(c3)c3ccccc3n4-c3ccccc3)cc2)c2ccccc2C1(C)C. The Kier molecular flexibility index (Phi) is 8.60. The van der Waals surface area contributed by atoms with Gasteiger partial charge in [-0.05, 0) is 107 Å². The van der Waals surface area contributed by atoms with Gasteiger partial charge in [0.15, 0.2) is 0 Å². The largest absolute Gasteiger partial charge is 0.341 e. The Bertz CT molecular complexity index is 2660. The summed E-state index contributed by atoms with van der Waals surface area (Å²) in [6, 6.07) is 63.9. The van der Waals surface area contributed by atoms with Gasteiger partial charge in [-0.2, -0.15) is 0 Å². The summed E-state index contributed by atoms with van der Waals surface area (Å²) in [5, 5.41) is 2.53. The van der Waals surface area contributed by atoms with E-state index in [9.17, 15) is 0 Å². The van der Waals surface area contributed by atoms with Gasteiger partial charge in [-0.3, -0.25) is 0 Å². The molecule has 1 aliphatic carbocycles. The van der Waals surface area contributed by atoms with E-state index in [-0.39, 0.29) is 5.41 Å². The number of rotatable bonds is 9. The van der Waals surface area contributed by atoms with Crippen LogP contribution in [0.3, 0.4) is 0 Å². The van der Waals surface area contributed by atoms with Crippen molar-refractivity contribution in [3.05, 3.63) is 205 Å². The predicted molar refractivity (Wildman–Crippen MR) is 231 cm³/mol. The van der Waals surface area contributed by atoms with Crippen LogP contribution in [0.1, 0.15) is 38.3 Å². The van der Waals surface area contributed by atoms with Crippen molar-refractivity contribution in [1.82, 2.24) is 4.57 Å². The van der Waals surface area contributed by atoms with Gasteiger partial charge in [-0.1, -0.05) is 153 Å². The van der Waals surface area contributed by atoms with Crippen molar-refractivity contribution < 1.29 is 0 Å². The van der Waals surface area contributed by atoms with Gasteiger partial charge in [-0.15, -0.1) is 0 Å². The van der Waals surface area contributed by atoms with Gasteiger partial charge in [0.2, 0.25) is 0 Å². The van der Waals surface area contributed by atoms with E-state index in [4.69, 9.17) is 0 Å². The molecule has 1 heterocycles. The minimum absolute atomic E-state index is 0.0496. The third-order valence-corrected chi connectivity index (χ3v) is 11.5. The highest BCUT2D eigenvalue weighted by atomic mass is 15.1. The van der Waals surface area contributed by atoms with E-state index in [1.807, 2.05) is 0 Å². The molecule has 0 aliphatic heterocycles. The van der Waals surface area contributed by atoms with Crippen molar-refractivity contribution in [3.8, 4) is 27.9 Å². The molecule has 1 aliphatic rings. The molecule has 7 aromatic carbocycles. The van der Waals surface area contributed by atoms with Crippen LogP contribution in [0.5, 0.6) is 0 Å². The van der Waals surface area contributed by atoms with Crippen LogP contribution in [0.15, 0.2) is 194 Å². The highest BCUT2D eigenvalue weighted by Crippen LogP contribution is 2.46. The van der Waals surface area contributed by atoms with Crippen LogP contribution < -0.4 is 4.90 Å². The summed E-state index contributed by atoms with van der Waals surface area (Å²) in [7, 11) is 0. The summed E-state index contributed by atoms with van der Waals surface area (Å²) in [6.07, 6.45) is 5.63. The number of anilines is 2. The zero-order chi connectivity index (χ0) is 36.6. The first-order valence-corrected chi connectivity index (χ1v) is 19.1. The second-order valence-corrected chi connectivity index (χ2v) is 14.9. The molecule has 0 unspecified atom stereocenters. The molecule has 262 valence electrons. The average Bonchev–Trinajstić information content (AvgIpc) is 3.66. The van der Waals surface area contributed by atoms with E-state index in [1.54, 1.807) is 0 Å².